The van der Waals surface area contributed by atoms with Crippen molar-refractivity contribution in [1.29, 1.82) is 0 Å². The lowest BCUT2D eigenvalue weighted by Crippen LogP contribution is -2.17. The molecule has 0 saturated heterocycles. The summed E-state index contributed by atoms with van der Waals surface area (Å²) in [4.78, 5) is 4.24. The number of nitrogens with one attached hydrogen (secondary N) is 1. The molecule has 3 aromatic rings. The van der Waals surface area contributed by atoms with Gasteiger partial charge in [-0.15, -0.1) is 13.2 Å². The predicted octanol–water partition coefficient (Wildman–Crippen LogP) is 4.26. The van der Waals surface area contributed by atoms with Crippen LogP contribution in [-0.2, 0) is 6.54 Å². The zero-order valence-corrected chi connectivity index (χ0v) is 13.6. The topological polar surface area (TPSA) is 69.4 Å². The Hall–Kier alpha value is -3.23. The van der Waals surface area contributed by atoms with Crippen molar-refractivity contribution in [2.45, 2.75) is 12.9 Å². The maximum Gasteiger partial charge on any atom is 0.573 e. The molecule has 1 heterocycles. The minimum absolute atomic E-state index is 0.151. The molecule has 6 nitrogen and oxygen atoms in total. The van der Waals surface area contributed by atoms with Gasteiger partial charge in [-0.2, -0.15) is 4.98 Å². The number of alkyl halides is 3. The molecular weight excluding hydrogens is 351 g/mol. The summed E-state index contributed by atoms with van der Waals surface area (Å²) in [5.74, 6) is 1.09. The molecule has 0 aliphatic rings. The Morgan fingerprint density at radius 3 is 2.54 bits per heavy atom. The number of aromatic nitrogens is 2. The lowest BCUT2D eigenvalue weighted by Gasteiger charge is -2.10. The second-order valence-electron chi connectivity index (χ2n) is 5.17. The summed E-state index contributed by atoms with van der Waals surface area (Å²) in [5.41, 5.74) is 1.18. The lowest BCUT2D eigenvalue weighted by atomic mass is 10.2. The monoisotopic (exact) mass is 365 g/mol. The molecule has 0 amide bonds. The SMILES string of the molecule is COc1ccc(-c2noc(CNc3cccc(OC(F)(F)F)c3)n2)cc1. The number of hydrogen-bond donors (Lipinski definition) is 1. The van der Waals surface area contributed by atoms with Crippen LogP contribution in [-0.4, -0.2) is 23.6 Å². The quantitative estimate of drug-likeness (QED) is 0.704. The van der Waals surface area contributed by atoms with E-state index in [1.54, 1.807) is 37.4 Å². The van der Waals surface area contributed by atoms with Crippen LogP contribution in [0.25, 0.3) is 11.4 Å². The average molecular weight is 365 g/mol. The standard InChI is InChI=1S/C17H14F3N3O3/c1-24-13-7-5-11(6-8-13)16-22-15(26-23-16)10-21-12-3-2-4-14(9-12)25-17(18,19)20/h2-9,21H,10H2,1H3. The van der Waals surface area contributed by atoms with E-state index in [1.165, 1.54) is 18.2 Å². The molecule has 9 heteroatoms. The second kappa shape index (κ2) is 7.34. The van der Waals surface area contributed by atoms with Gasteiger partial charge in [0.1, 0.15) is 11.5 Å². The number of rotatable bonds is 6. The molecule has 0 spiro atoms. The summed E-state index contributed by atoms with van der Waals surface area (Å²) in [6.07, 6.45) is -4.74. The third-order valence-electron chi connectivity index (χ3n) is 3.33. The molecule has 0 bridgehead atoms. The van der Waals surface area contributed by atoms with Crippen molar-refractivity contribution in [1.82, 2.24) is 10.1 Å². The van der Waals surface area contributed by atoms with Crippen molar-refractivity contribution >= 4 is 5.69 Å². The number of ether oxygens (including phenoxy) is 2. The first-order chi connectivity index (χ1) is 12.4. The molecule has 0 aliphatic heterocycles. The minimum atomic E-state index is -4.74. The Morgan fingerprint density at radius 1 is 1.08 bits per heavy atom. The summed E-state index contributed by atoms with van der Waals surface area (Å²) in [5, 5.41) is 6.79. The van der Waals surface area contributed by atoms with Gasteiger partial charge >= 0.3 is 6.36 Å². The Labute approximate surface area is 146 Å². The van der Waals surface area contributed by atoms with Crippen LogP contribution in [0.1, 0.15) is 5.89 Å². The molecule has 136 valence electrons. The maximum atomic E-state index is 12.3. The van der Waals surface area contributed by atoms with Gasteiger partial charge in [-0.05, 0) is 36.4 Å². The van der Waals surface area contributed by atoms with Crippen molar-refractivity contribution in [3.05, 3.63) is 54.4 Å². The summed E-state index contributed by atoms with van der Waals surface area (Å²) in [6, 6.07) is 12.6. The van der Waals surface area contributed by atoms with Crippen molar-refractivity contribution in [3.8, 4) is 22.9 Å². The summed E-state index contributed by atoms with van der Waals surface area (Å²) < 4.78 is 50.9. The Morgan fingerprint density at radius 2 is 1.85 bits per heavy atom. The Balaban J connectivity index is 1.63. The highest BCUT2D eigenvalue weighted by Crippen LogP contribution is 2.25. The van der Waals surface area contributed by atoms with Crippen molar-refractivity contribution < 1.29 is 27.2 Å². The highest BCUT2D eigenvalue weighted by molar-refractivity contribution is 5.55. The second-order valence-corrected chi connectivity index (χ2v) is 5.17. The molecule has 0 fully saturated rings. The number of methoxy groups -OCH3 is 1. The summed E-state index contributed by atoms with van der Waals surface area (Å²) in [7, 11) is 1.57. The molecule has 0 radical (unpaired) electrons. The van der Waals surface area contributed by atoms with Crippen LogP contribution in [0.5, 0.6) is 11.5 Å². The van der Waals surface area contributed by atoms with Gasteiger partial charge in [0.25, 0.3) is 0 Å². The molecule has 0 saturated carbocycles. The van der Waals surface area contributed by atoms with Crippen LogP contribution in [0.2, 0.25) is 0 Å². The van der Waals surface area contributed by atoms with E-state index in [1.807, 2.05) is 0 Å². The number of nitrogens with zero attached hydrogens (tertiary/aromatic N) is 2. The number of hydrogen-bond acceptors (Lipinski definition) is 6. The van der Waals surface area contributed by atoms with E-state index < -0.39 is 6.36 Å². The first kappa shape index (κ1) is 17.6. The van der Waals surface area contributed by atoms with Gasteiger partial charge in [0.05, 0.1) is 13.7 Å². The van der Waals surface area contributed by atoms with Gasteiger partial charge in [0.2, 0.25) is 11.7 Å². The fourth-order valence-electron chi connectivity index (χ4n) is 2.16. The minimum Gasteiger partial charge on any atom is -0.497 e. The Kier molecular flexibility index (Phi) is 4.97. The molecule has 1 N–H and O–H groups in total. The predicted molar refractivity (Wildman–Crippen MR) is 86.7 cm³/mol. The highest BCUT2D eigenvalue weighted by atomic mass is 19.4. The van der Waals surface area contributed by atoms with Gasteiger partial charge in [-0.25, -0.2) is 0 Å². The van der Waals surface area contributed by atoms with E-state index in [9.17, 15) is 13.2 Å². The first-order valence-corrected chi connectivity index (χ1v) is 7.49. The third kappa shape index (κ3) is 4.65. The molecule has 0 aliphatic carbocycles. The van der Waals surface area contributed by atoms with Crippen molar-refractivity contribution in [3.63, 3.8) is 0 Å². The molecule has 2 aromatic carbocycles. The smallest absolute Gasteiger partial charge is 0.497 e. The molecule has 3 rings (SSSR count). The van der Waals surface area contributed by atoms with E-state index in [0.29, 0.717) is 17.3 Å². The van der Waals surface area contributed by atoms with Crippen LogP contribution >= 0.6 is 0 Å². The maximum absolute atomic E-state index is 12.3. The van der Waals surface area contributed by atoms with Crippen LogP contribution in [0.4, 0.5) is 18.9 Å². The molecule has 1 aromatic heterocycles. The summed E-state index contributed by atoms with van der Waals surface area (Å²) >= 11 is 0. The third-order valence-corrected chi connectivity index (χ3v) is 3.33. The van der Waals surface area contributed by atoms with Crippen LogP contribution in [0.3, 0.4) is 0 Å². The number of anilines is 1. The van der Waals surface area contributed by atoms with Crippen molar-refractivity contribution in [2.75, 3.05) is 12.4 Å². The normalized spacial score (nSPS) is 11.2. The van der Waals surface area contributed by atoms with Crippen molar-refractivity contribution in [2.24, 2.45) is 0 Å². The summed E-state index contributed by atoms with van der Waals surface area (Å²) in [6.45, 7) is 0.151. The Bertz CT molecular complexity index is 863. The van der Waals surface area contributed by atoms with Crippen LogP contribution in [0, 0.1) is 0 Å². The molecule has 26 heavy (non-hydrogen) atoms. The zero-order chi connectivity index (χ0) is 18.6. The van der Waals surface area contributed by atoms with E-state index in [2.05, 4.69) is 20.2 Å². The fourth-order valence-corrected chi connectivity index (χ4v) is 2.16. The highest BCUT2D eigenvalue weighted by Gasteiger charge is 2.31. The van der Waals surface area contributed by atoms with E-state index in [4.69, 9.17) is 9.26 Å². The average Bonchev–Trinajstić information content (AvgIpc) is 3.08. The van der Waals surface area contributed by atoms with E-state index in [-0.39, 0.29) is 18.2 Å². The van der Waals surface area contributed by atoms with Gasteiger partial charge in [0.15, 0.2) is 0 Å². The van der Waals surface area contributed by atoms with E-state index >= 15 is 0 Å². The first-order valence-electron chi connectivity index (χ1n) is 7.49. The van der Waals surface area contributed by atoms with Gasteiger partial charge in [0, 0.05) is 17.3 Å². The number of benzene rings is 2. The van der Waals surface area contributed by atoms with Gasteiger partial charge in [-0.1, -0.05) is 11.2 Å². The van der Waals surface area contributed by atoms with Crippen LogP contribution in [0.15, 0.2) is 53.1 Å². The number of halogens is 3. The van der Waals surface area contributed by atoms with E-state index in [0.717, 1.165) is 5.56 Å². The molecular formula is C17H14F3N3O3. The molecule has 0 unspecified atom stereocenters. The molecule has 0 atom stereocenters. The van der Waals surface area contributed by atoms with Crippen LogP contribution < -0.4 is 14.8 Å². The zero-order valence-electron chi connectivity index (χ0n) is 13.6. The fraction of sp³-hybridized carbons (Fsp3) is 0.176. The van der Waals surface area contributed by atoms with Gasteiger partial charge < -0.3 is 19.3 Å². The largest absolute Gasteiger partial charge is 0.573 e. The van der Waals surface area contributed by atoms with Gasteiger partial charge in [-0.3, -0.25) is 0 Å². The lowest BCUT2D eigenvalue weighted by molar-refractivity contribution is -0.274.